The van der Waals surface area contributed by atoms with Gasteiger partial charge < -0.3 is 83.7 Å². The van der Waals surface area contributed by atoms with E-state index in [1.807, 2.05) is 57.2 Å². The van der Waals surface area contributed by atoms with E-state index in [0.717, 1.165) is 68.7 Å². The molecule has 0 aliphatic rings. The van der Waals surface area contributed by atoms with E-state index < -0.39 is 42.1 Å². The molecule has 0 bridgehead atoms. The number of hydrogen-bond donors (Lipinski definition) is 15. The number of rotatable bonds is 32. The number of aromatic nitrogens is 3. The lowest BCUT2D eigenvalue weighted by Crippen LogP contribution is -2.31. The van der Waals surface area contributed by atoms with Crippen LogP contribution in [0.4, 0.5) is 147 Å². The van der Waals surface area contributed by atoms with Gasteiger partial charge in [0.05, 0.1) is 79.0 Å². The first-order valence-electron chi connectivity index (χ1n) is 43.5. The Morgan fingerprint density at radius 1 is 0.360 bits per heavy atom. The largest absolute Gasteiger partial charge is 0.450 e. The highest BCUT2D eigenvalue weighted by Gasteiger charge is 2.21. The second kappa shape index (κ2) is 57.7. The summed E-state index contributed by atoms with van der Waals surface area (Å²) < 4.78 is 107. The molecule has 730 valence electrons. The normalized spacial score (nSPS) is 10.4. The molecule has 1 atom stereocenters. The smallest absolute Gasteiger partial charge is 0.414 e. The van der Waals surface area contributed by atoms with E-state index >= 15 is 0 Å². The van der Waals surface area contributed by atoms with Crippen molar-refractivity contribution in [1.82, 2.24) is 15.0 Å². The Kier molecular flexibility index (Phi) is 44.6. The molecule has 31 nitrogen and oxygen atoms in total. The van der Waals surface area contributed by atoms with Crippen LogP contribution in [0.2, 0.25) is 0 Å². The Morgan fingerprint density at radius 3 is 1.08 bits per heavy atom. The second-order valence-corrected chi connectivity index (χ2v) is 30.4. The highest BCUT2D eigenvalue weighted by molar-refractivity contribution is 6.20. The Morgan fingerprint density at radius 2 is 0.712 bits per heavy atom. The maximum absolute atomic E-state index is 13.2. The third kappa shape index (κ3) is 40.5. The molecule has 10 aromatic carbocycles. The standard InChI is InChI=1S/C22H21FN2O2.C17H20FN3O2.C16H19FN4O2.C16H18FN3O2.C15H16ClFN4O2.C15H16FN3O2/c1-16-13-20(11-12-21(16)24)25(14-17-7-9-19(23)10-8-17)22(26)27-15-18-5-3-2-4-6-18;1-2-9-23-17(22)21-16-8-7-14(10-15(16)19)20-11-12-3-5-13(18)6-4-12;1-2-9-23-16(22)20-13-7-8-14(21-15(13)18)19-10-11-3-5-12(17)6-4-11;1-2-22-16(21)20-15-8-7-13(9-14(15)18)19-10-11-3-5-12(17)6-4-11;1-9(16)23-15(22)20-12-6-7-13(21-14(12)18)19-8-10-2-4-11(17)5-3-10;1-2-21-15(20)19-13-7-8-14(18-10-13)17-9-11-3-5-12(16)6-4-11/h2-13H,14-15,24H2,1H3;3-8,10,20H,2,9,11,19H2,1H3,(H,21,22);3-8H,2,9-10H2,1H3,(H,20,22)(H3,18,19,21);3-9,19H,2,10,18H2,1H3,(H,20,21);2-7,9H,8H2,1H3,(H,20,22)(H3,18,19,21);3-8,10H,2,9H2,1H3,(H,17,18)(H,19,20). The number of carbonyl (C=O) groups is 6. The van der Waals surface area contributed by atoms with Gasteiger partial charge in [-0.1, -0.05) is 129 Å². The molecule has 0 aliphatic carbocycles. The zero-order valence-corrected chi connectivity index (χ0v) is 77.7. The second-order valence-electron chi connectivity index (χ2n) is 29.8. The van der Waals surface area contributed by atoms with Gasteiger partial charge in [0.1, 0.15) is 70.6 Å². The number of pyridine rings is 3. The van der Waals surface area contributed by atoms with E-state index in [9.17, 15) is 55.1 Å². The SMILES string of the molecule is CC(Cl)OC(=O)Nc1ccc(NCc2ccc(F)cc2)nc1N.CCCOC(=O)Nc1ccc(NCc2ccc(F)cc2)cc1N.CCCOC(=O)Nc1ccc(NCc2ccc(F)cc2)nc1N.CCOC(=O)Nc1ccc(NCc2ccc(F)cc2)cc1N.CCOC(=O)Nc1ccc(NCc2ccc(F)cc2)nc1.Cc1cc(N(Cc2ccc(F)cc2)C(=O)OCc2ccccc2)ccc1N. The lowest BCUT2D eigenvalue weighted by atomic mass is 10.1. The van der Waals surface area contributed by atoms with Crippen molar-refractivity contribution in [3.8, 4) is 0 Å². The van der Waals surface area contributed by atoms with E-state index in [-0.39, 0.29) is 59.7 Å². The Hall–Kier alpha value is -16.9. The van der Waals surface area contributed by atoms with E-state index in [2.05, 4.69) is 68.1 Å². The number of nitrogen functional groups attached to an aromatic ring is 5. The molecule has 38 heteroatoms. The molecule has 139 heavy (non-hydrogen) atoms. The van der Waals surface area contributed by atoms with Crippen LogP contribution < -0.4 is 86.7 Å². The number of nitrogens with two attached hydrogens (primary N) is 5. The number of nitrogens with one attached hydrogen (secondary N) is 10. The average molecular weight is 1930 g/mol. The molecule has 6 amide bonds. The molecule has 1 unspecified atom stereocenters. The number of ether oxygens (including phenoxy) is 6. The van der Waals surface area contributed by atoms with Crippen molar-refractivity contribution in [3.63, 3.8) is 0 Å². The number of aryl methyl sites for hydroxylation is 1. The fourth-order valence-corrected chi connectivity index (χ4v) is 11.8. The average Bonchev–Trinajstić information content (AvgIpc) is 0.913. The minimum atomic E-state index is -0.749. The summed E-state index contributed by atoms with van der Waals surface area (Å²) in [5.74, 6) is 0.392. The van der Waals surface area contributed by atoms with Gasteiger partial charge in [-0.15, -0.1) is 0 Å². The summed E-state index contributed by atoms with van der Waals surface area (Å²) >= 11 is 5.55. The van der Waals surface area contributed by atoms with Crippen LogP contribution in [0.25, 0.3) is 0 Å². The fraction of sp³-hybridized carbons (Fsp3) is 0.198. The molecule has 0 saturated heterocycles. The fourth-order valence-electron chi connectivity index (χ4n) is 11.7. The summed E-state index contributed by atoms with van der Waals surface area (Å²) in [6, 6.07) is 72.4. The van der Waals surface area contributed by atoms with Crippen LogP contribution in [0.1, 0.15) is 92.0 Å². The number of carbonyl (C=O) groups excluding carboxylic acids is 6. The van der Waals surface area contributed by atoms with Crippen molar-refractivity contribution in [1.29, 1.82) is 0 Å². The zero-order valence-electron chi connectivity index (χ0n) is 77.0. The molecule has 3 aromatic heterocycles. The van der Waals surface area contributed by atoms with Gasteiger partial charge in [0.25, 0.3) is 0 Å². The number of anilines is 16. The number of hydrogen-bond acceptors (Lipinski definition) is 25. The maximum Gasteiger partial charge on any atom is 0.414 e. The molecular formula is C101H110ClF6N19O12. The van der Waals surface area contributed by atoms with Gasteiger partial charge in [0.2, 0.25) is 0 Å². The molecule has 20 N–H and O–H groups in total. The first kappa shape index (κ1) is 107. The van der Waals surface area contributed by atoms with Gasteiger partial charge in [0.15, 0.2) is 5.56 Å². The topological polar surface area (TPSA) is 450 Å². The summed E-state index contributed by atoms with van der Waals surface area (Å²) in [7, 11) is 0. The van der Waals surface area contributed by atoms with Crippen LogP contribution in [-0.4, -0.2) is 83.5 Å². The number of benzene rings is 10. The molecule has 0 saturated carbocycles. The highest BCUT2D eigenvalue weighted by atomic mass is 35.5. The van der Waals surface area contributed by atoms with Crippen molar-refractivity contribution < 1.29 is 83.5 Å². The van der Waals surface area contributed by atoms with Gasteiger partial charge >= 0.3 is 36.6 Å². The van der Waals surface area contributed by atoms with Crippen LogP contribution >= 0.6 is 11.6 Å². The van der Waals surface area contributed by atoms with Crippen molar-refractivity contribution in [2.75, 3.05) is 113 Å². The van der Waals surface area contributed by atoms with Crippen LogP contribution in [0.15, 0.2) is 273 Å². The van der Waals surface area contributed by atoms with Crippen molar-refractivity contribution >= 4 is 140 Å². The molecule has 13 aromatic rings. The lowest BCUT2D eigenvalue weighted by Gasteiger charge is -2.23. The Balaban J connectivity index is 0.000000205. The van der Waals surface area contributed by atoms with Crippen molar-refractivity contribution in [2.24, 2.45) is 0 Å². The summed E-state index contributed by atoms with van der Waals surface area (Å²) in [6.45, 7) is 15.0. The van der Waals surface area contributed by atoms with Gasteiger partial charge in [-0.2, -0.15) is 0 Å². The predicted molar refractivity (Wildman–Crippen MR) is 534 cm³/mol. The van der Waals surface area contributed by atoms with E-state index in [4.69, 9.17) is 68.7 Å². The number of amides is 6. The minimum absolute atomic E-state index is 0.133. The van der Waals surface area contributed by atoms with Crippen LogP contribution in [0.3, 0.4) is 0 Å². The number of nitrogens with zero attached hydrogens (tertiary/aromatic N) is 4. The predicted octanol–water partition coefficient (Wildman–Crippen LogP) is 22.9. The van der Waals surface area contributed by atoms with Crippen LogP contribution in [-0.2, 0) is 74.3 Å². The summed E-state index contributed by atoms with van der Waals surface area (Å²) in [5.41, 5.74) is 41.8. The Labute approximate surface area is 805 Å². The molecule has 0 spiro atoms. The summed E-state index contributed by atoms with van der Waals surface area (Å²) in [5, 5.41) is 28.3. The third-order valence-corrected chi connectivity index (χ3v) is 18.9. The quantitative estimate of drug-likeness (QED) is 0.00806. The highest BCUT2D eigenvalue weighted by Crippen LogP contribution is 2.29. The lowest BCUT2D eigenvalue weighted by molar-refractivity contribution is 0.146. The van der Waals surface area contributed by atoms with Crippen molar-refractivity contribution in [3.05, 3.63) is 353 Å². The van der Waals surface area contributed by atoms with E-state index in [1.165, 1.54) is 90.8 Å². The van der Waals surface area contributed by atoms with E-state index in [0.29, 0.717) is 128 Å². The molecular weight excluding hydrogens is 1820 g/mol. The maximum atomic E-state index is 13.2. The van der Waals surface area contributed by atoms with Gasteiger partial charge in [-0.05, 0) is 249 Å². The summed E-state index contributed by atoms with van der Waals surface area (Å²) in [6.07, 6.45) is -0.294. The summed E-state index contributed by atoms with van der Waals surface area (Å²) in [4.78, 5) is 83.8. The minimum Gasteiger partial charge on any atom is -0.450 e. The first-order chi connectivity index (χ1) is 66.9. The van der Waals surface area contributed by atoms with Crippen LogP contribution in [0, 0.1) is 41.8 Å². The first-order valence-corrected chi connectivity index (χ1v) is 44.0. The van der Waals surface area contributed by atoms with Crippen LogP contribution in [0.5, 0.6) is 0 Å². The molecule has 0 radical (unpaired) electrons. The Bertz CT molecular complexity index is 5910. The number of halogens is 7. The van der Waals surface area contributed by atoms with Gasteiger partial charge in [-0.3, -0.25) is 31.5 Å². The van der Waals surface area contributed by atoms with Crippen molar-refractivity contribution in [2.45, 2.75) is 106 Å². The molecule has 0 aliphatic heterocycles. The number of alkyl halides is 1. The third-order valence-electron chi connectivity index (χ3n) is 18.8. The monoisotopic (exact) mass is 1930 g/mol. The van der Waals surface area contributed by atoms with E-state index in [1.54, 1.807) is 172 Å². The van der Waals surface area contributed by atoms with Gasteiger partial charge in [0, 0.05) is 55.5 Å². The molecule has 3 heterocycles. The molecule has 0 fully saturated rings. The van der Waals surface area contributed by atoms with Gasteiger partial charge in [-0.25, -0.2) is 70.1 Å². The molecule has 13 rings (SSSR count). The zero-order chi connectivity index (χ0) is 100.